The molecule has 3 heteroatoms. The lowest BCUT2D eigenvalue weighted by molar-refractivity contribution is 0.355. The van der Waals surface area contributed by atoms with Gasteiger partial charge in [0.15, 0.2) is 0 Å². The summed E-state index contributed by atoms with van der Waals surface area (Å²) in [6.45, 7) is 0.750. The number of hydrogen-bond donors (Lipinski definition) is 0. The zero-order valence-electron chi connectivity index (χ0n) is 7.79. The van der Waals surface area contributed by atoms with Gasteiger partial charge < -0.3 is 4.74 Å². The van der Waals surface area contributed by atoms with Crippen molar-refractivity contribution in [1.29, 1.82) is 5.26 Å². The first-order valence-electron chi connectivity index (χ1n) is 4.87. The molecule has 0 bridgehead atoms. The van der Waals surface area contributed by atoms with Gasteiger partial charge in [-0.25, -0.2) is 0 Å². The van der Waals surface area contributed by atoms with Crippen LogP contribution in [0.25, 0.3) is 0 Å². The van der Waals surface area contributed by atoms with Crippen LogP contribution in [0.1, 0.15) is 24.1 Å². The summed E-state index contributed by atoms with van der Waals surface area (Å²) in [6.07, 6.45) is 4.62. The van der Waals surface area contributed by atoms with Crippen molar-refractivity contribution in [2.24, 2.45) is 0 Å². The van der Waals surface area contributed by atoms with Crippen molar-refractivity contribution < 1.29 is 4.74 Å². The first-order valence-corrected chi connectivity index (χ1v) is 4.87. The second-order valence-corrected chi connectivity index (χ2v) is 3.97. The highest BCUT2D eigenvalue weighted by molar-refractivity contribution is 5.42. The van der Waals surface area contributed by atoms with E-state index in [1.165, 1.54) is 5.56 Å². The number of aromatic nitrogens is 1. The second kappa shape index (κ2) is 2.48. The highest BCUT2D eigenvalue weighted by atomic mass is 16.5. The molecule has 3 nitrogen and oxygen atoms in total. The van der Waals surface area contributed by atoms with E-state index in [4.69, 9.17) is 10.00 Å². The molecule has 1 aliphatic heterocycles. The van der Waals surface area contributed by atoms with E-state index in [9.17, 15) is 0 Å². The van der Waals surface area contributed by atoms with Crippen LogP contribution in [0.15, 0.2) is 12.3 Å². The average molecular weight is 186 g/mol. The summed E-state index contributed by atoms with van der Waals surface area (Å²) in [5.74, 6) is 0.891. The Balaban J connectivity index is 2.06. The number of fused-ring (bicyclic) bond motifs is 1. The lowest BCUT2D eigenvalue weighted by atomic mass is 10.0. The monoisotopic (exact) mass is 186 g/mol. The summed E-state index contributed by atoms with van der Waals surface area (Å²) >= 11 is 0. The minimum Gasteiger partial charge on any atom is -0.491 e. The molecule has 14 heavy (non-hydrogen) atoms. The fourth-order valence-corrected chi connectivity index (χ4v) is 1.89. The molecule has 0 N–H and O–H groups in total. The van der Waals surface area contributed by atoms with Crippen LogP contribution in [0.2, 0.25) is 0 Å². The van der Waals surface area contributed by atoms with Gasteiger partial charge in [-0.1, -0.05) is 0 Å². The lowest BCUT2D eigenvalue weighted by Crippen LogP contribution is -2.05. The Hall–Kier alpha value is -1.56. The van der Waals surface area contributed by atoms with Crippen molar-refractivity contribution in [3.05, 3.63) is 23.5 Å². The van der Waals surface area contributed by atoms with Gasteiger partial charge in [-0.05, 0) is 18.9 Å². The summed E-state index contributed by atoms with van der Waals surface area (Å²) < 4.78 is 5.37. The molecule has 3 rings (SSSR count). The zero-order chi connectivity index (χ0) is 9.60. The van der Waals surface area contributed by atoms with Gasteiger partial charge in [0.25, 0.3) is 0 Å². The van der Waals surface area contributed by atoms with Crippen molar-refractivity contribution in [1.82, 2.24) is 4.98 Å². The smallest absolute Gasteiger partial charge is 0.140 e. The van der Waals surface area contributed by atoms with Crippen LogP contribution in [-0.2, 0) is 11.8 Å². The third-order valence-corrected chi connectivity index (χ3v) is 3.03. The highest BCUT2D eigenvalue weighted by Gasteiger charge is 2.46. The maximum absolute atomic E-state index is 9.04. The van der Waals surface area contributed by atoms with Crippen LogP contribution in [0.4, 0.5) is 0 Å². The van der Waals surface area contributed by atoms with Gasteiger partial charge in [-0.15, -0.1) is 0 Å². The number of ether oxygens (including phenoxy) is 1. The molecule has 2 heterocycles. The quantitative estimate of drug-likeness (QED) is 0.668. The third kappa shape index (κ3) is 0.941. The summed E-state index contributed by atoms with van der Waals surface area (Å²) in [5, 5.41) is 9.04. The first-order chi connectivity index (χ1) is 6.84. The normalized spacial score (nSPS) is 20.8. The van der Waals surface area contributed by atoms with Gasteiger partial charge in [0.05, 0.1) is 30.0 Å². The van der Waals surface area contributed by atoms with Gasteiger partial charge in [-0.2, -0.15) is 5.26 Å². The van der Waals surface area contributed by atoms with E-state index in [1.54, 1.807) is 6.20 Å². The number of nitrogens with zero attached hydrogens (tertiary/aromatic N) is 2. The molecule has 0 aromatic carbocycles. The van der Waals surface area contributed by atoms with Crippen LogP contribution >= 0.6 is 0 Å². The molecular formula is C11H10N2O. The van der Waals surface area contributed by atoms with Crippen molar-refractivity contribution in [3.8, 4) is 11.8 Å². The lowest BCUT2D eigenvalue weighted by Gasteiger charge is -2.06. The SMILES string of the molecule is N#CC1(c2cc3c(cn2)OCC3)CC1. The molecule has 1 aromatic rings. The molecule has 0 spiro atoms. The molecule has 0 unspecified atom stereocenters. The molecule has 1 saturated carbocycles. The largest absolute Gasteiger partial charge is 0.491 e. The average Bonchev–Trinajstić information content (AvgIpc) is 2.89. The predicted octanol–water partition coefficient (Wildman–Crippen LogP) is 1.57. The van der Waals surface area contributed by atoms with Crippen LogP contribution in [-0.4, -0.2) is 11.6 Å². The van der Waals surface area contributed by atoms with Gasteiger partial charge in [0.1, 0.15) is 5.75 Å². The number of hydrogen-bond acceptors (Lipinski definition) is 3. The van der Waals surface area contributed by atoms with E-state index in [0.717, 1.165) is 37.3 Å². The number of nitriles is 1. The van der Waals surface area contributed by atoms with Crippen molar-refractivity contribution in [2.45, 2.75) is 24.7 Å². The summed E-state index contributed by atoms with van der Waals surface area (Å²) in [7, 11) is 0. The zero-order valence-corrected chi connectivity index (χ0v) is 7.79. The highest BCUT2D eigenvalue weighted by Crippen LogP contribution is 2.47. The van der Waals surface area contributed by atoms with E-state index in [1.807, 2.05) is 6.07 Å². The molecule has 0 amide bonds. The molecule has 0 saturated heterocycles. The fourth-order valence-electron chi connectivity index (χ4n) is 1.89. The molecule has 0 atom stereocenters. The molecule has 70 valence electrons. The standard InChI is InChI=1S/C11H10N2O/c12-7-11(2-3-11)10-5-8-1-4-14-9(8)6-13-10/h5-6H,1-4H2. The Bertz CT molecular complexity index is 429. The summed E-state index contributed by atoms with van der Waals surface area (Å²) in [6, 6.07) is 4.40. The molecular weight excluding hydrogens is 176 g/mol. The van der Waals surface area contributed by atoms with Crippen LogP contribution in [0, 0.1) is 11.3 Å². The Morgan fingerprint density at radius 1 is 1.50 bits per heavy atom. The minimum atomic E-state index is -0.266. The van der Waals surface area contributed by atoms with E-state index in [2.05, 4.69) is 11.1 Å². The topological polar surface area (TPSA) is 45.9 Å². The van der Waals surface area contributed by atoms with Gasteiger partial charge >= 0.3 is 0 Å². The summed E-state index contributed by atoms with van der Waals surface area (Å²) in [5.41, 5.74) is 1.87. The maximum atomic E-state index is 9.04. The summed E-state index contributed by atoms with van der Waals surface area (Å²) in [4.78, 5) is 4.31. The Labute approximate surface area is 82.3 Å². The van der Waals surface area contributed by atoms with E-state index < -0.39 is 0 Å². The number of pyridine rings is 1. The van der Waals surface area contributed by atoms with Crippen molar-refractivity contribution in [3.63, 3.8) is 0 Å². The Kier molecular flexibility index (Phi) is 1.38. The van der Waals surface area contributed by atoms with Crippen molar-refractivity contribution >= 4 is 0 Å². The predicted molar refractivity (Wildman–Crippen MR) is 50.0 cm³/mol. The Morgan fingerprint density at radius 3 is 3.07 bits per heavy atom. The molecule has 1 aromatic heterocycles. The Morgan fingerprint density at radius 2 is 2.36 bits per heavy atom. The molecule has 1 aliphatic carbocycles. The molecule has 0 radical (unpaired) electrons. The minimum absolute atomic E-state index is 0.266. The van der Waals surface area contributed by atoms with Gasteiger partial charge in [0.2, 0.25) is 0 Å². The second-order valence-electron chi connectivity index (χ2n) is 3.97. The van der Waals surface area contributed by atoms with E-state index in [-0.39, 0.29) is 5.41 Å². The van der Waals surface area contributed by atoms with Crippen molar-refractivity contribution in [2.75, 3.05) is 6.61 Å². The maximum Gasteiger partial charge on any atom is 0.140 e. The van der Waals surface area contributed by atoms with Crippen LogP contribution in [0.3, 0.4) is 0 Å². The van der Waals surface area contributed by atoms with Crippen LogP contribution in [0.5, 0.6) is 5.75 Å². The third-order valence-electron chi connectivity index (χ3n) is 3.03. The molecule has 2 aliphatic rings. The van der Waals surface area contributed by atoms with E-state index >= 15 is 0 Å². The van der Waals surface area contributed by atoms with Gasteiger partial charge in [0, 0.05) is 12.0 Å². The fraction of sp³-hybridized carbons (Fsp3) is 0.455. The number of rotatable bonds is 1. The van der Waals surface area contributed by atoms with Gasteiger partial charge in [-0.3, -0.25) is 4.98 Å². The van der Waals surface area contributed by atoms with Crippen LogP contribution < -0.4 is 4.74 Å². The molecule has 1 fully saturated rings. The first kappa shape index (κ1) is 7.81. The van der Waals surface area contributed by atoms with E-state index in [0.29, 0.717) is 0 Å².